The van der Waals surface area contributed by atoms with E-state index >= 15 is 0 Å². The lowest BCUT2D eigenvalue weighted by atomic mass is 10.3. The Kier molecular flexibility index (Phi) is 4.36. The highest BCUT2D eigenvalue weighted by molar-refractivity contribution is 8.14. The van der Waals surface area contributed by atoms with Gasteiger partial charge >= 0.3 is 0 Å². The minimum atomic E-state index is -0.224. The molecule has 2 rings (SSSR count). The molecule has 7 heteroatoms. The van der Waals surface area contributed by atoms with Crippen molar-refractivity contribution in [3.05, 3.63) is 17.6 Å². The average Bonchev–Trinajstić information content (AvgIpc) is 2.67. The summed E-state index contributed by atoms with van der Waals surface area (Å²) in [5, 5.41) is 2.95. The summed E-state index contributed by atoms with van der Waals surface area (Å²) in [4.78, 5) is 32.9. The van der Waals surface area contributed by atoms with Crippen LogP contribution in [-0.4, -0.2) is 38.3 Å². The van der Waals surface area contributed by atoms with Gasteiger partial charge < -0.3 is 5.32 Å². The quantitative estimate of drug-likeness (QED) is 0.886. The number of aryl methyl sites for hydroxylation is 1. The Balaban J connectivity index is 2.13. The van der Waals surface area contributed by atoms with Crippen LogP contribution < -0.4 is 5.32 Å². The number of nitrogens with one attached hydrogen (secondary N) is 1. The average molecular weight is 280 g/mol. The molecule has 0 saturated carbocycles. The number of thioether (sulfide) groups is 1. The SMILES string of the molecule is CCCNc1cc(C)nc(CN2C(=O)CSC2=O)n1. The number of hydrogen-bond acceptors (Lipinski definition) is 6. The molecule has 0 aromatic carbocycles. The van der Waals surface area contributed by atoms with Gasteiger partial charge in [0.15, 0.2) is 5.82 Å². The second-order valence-electron chi connectivity index (χ2n) is 4.27. The van der Waals surface area contributed by atoms with Gasteiger partial charge in [0.1, 0.15) is 5.82 Å². The second kappa shape index (κ2) is 6.01. The molecule has 6 nitrogen and oxygen atoms in total. The summed E-state index contributed by atoms with van der Waals surface area (Å²) in [6, 6.07) is 1.85. The predicted octanol–water partition coefficient (Wildman–Crippen LogP) is 1.80. The number of imide groups is 1. The first-order chi connectivity index (χ1) is 9.10. The van der Waals surface area contributed by atoms with Crippen molar-refractivity contribution in [2.75, 3.05) is 17.6 Å². The van der Waals surface area contributed by atoms with E-state index in [1.165, 1.54) is 4.90 Å². The molecule has 1 N–H and O–H groups in total. The fraction of sp³-hybridized carbons (Fsp3) is 0.500. The summed E-state index contributed by atoms with van der Waals surface area (Å²) < 4.78 is 0. The number of amides is 2. The molecule has 1 aromatic heterocycles. The molecule has 2 heterocycles. The molecule has 0 aliphatic carbocycles. The number of anilines is 1. The van der Waals surface area contributed by atoms with Gasteiger partial charge in [-0.2, -0.15) is 0 Å². The molecule has 1 aliphatic rings. The molecule has 0 atom stereocenters. The molecule has 0 unspecified atom stereocenters. The highest BCUT2D eigenvalue weighted by Gasteiger charge is 2.30. The van der Waals surface area contributed by atoms with Crippen molar-refractivity contribution in [3.8, 4) is 0 Å². The number of nitrogens with zero attached hydrogens (tertiary/aromatic N) is 3. The normalized spacial score (nSPS) is 15.2. The van der Waals surface area contributed by atoms with Crippen LogP contribution in [0, 0.1) is 6.92 Å². The maximum Gasteiger partial charge on any atom is 0.289 e. The molecule has 1 aromatic rings. The van der Waals surface area contributed by atoms with Crippen LogP contribution in [0.2, 0.25) is 0 Å². The Labute approximate surface area is 116 Å². The van der Waals surface area contributed by atoms with Crippen LogP contribution in [0.25, 0.3) is 0 Å². The molecular weight excluding hydrogens is 264 g/mol. The van der Waals surface area contributed by atoms with Crippen molar-refractivity contribution in [2.24, 2.45) is 0 Å². The third-order valence-electron chi connectivity index (χ3n) is 2.60. The van der Waals surface area contributed by atoms with Crippen LogP contribution in [-0.2, 0) is 11.3 Å². The van der Waals surface area contributed by atoms with Crippen molar-refractivity contribution in [1.82, 2.24) is 14.9 Å². The molecule has 0 radical (unpaired) electrons. The largest absolute Gasteiger partial charge is 0.370 e. The minimum Gasteiger partial charge on any atom is -0.370 e. The standard InChI is InChI=1S/C12H16N4O2S/c1-3-4-13-9-5-8(2)14-10(15-9)6-16-11(17)7-19-12(16)18/h5H,3-4,6-7H2,1-2H3,(H,13,14,15). The van der Waals surface area contributed by atoms with E-state index in [1.807, 2.05) is 13.0 Å². The van der Waals surface area contributed by atoms with Crippen LogP contribution in [0.5, 0.6) is 0 Å². The van der Waals surface area contributed by atoms with E-state index in [-0.39, 0.29) is 23.4 Å². The van der Waals surface area contributed by atoms with Gasteiger partial charge in [0.25, 0.3) is 5.24 Å². The topological polar surface area (TPSA) is 75.2 Å². The van der Waals surface area contributed by atoms with Gasteiger partial charge in [0.05, 0.1) is 12.3 Å². The van der Waals surface area contributed by atoms with Crippen molar-refractivity contribution < 1.29 is 9.59 Å². The Bertz CT molecular complexity index is 491. The number of hydrogen-bond donors (Lipinski definition) is 1. The molecule has 0 bridgehead atoms. The maximum atomic E-state index is 11.5. The number of carbonyl (C=O) groups is 2. The van der Waals surface area contributed by atoms with Gasteiger partial charge in [0.2, 0.25) is 5.91 Å². The molecule has 1 saturated heterocycles. The summed E-state index contributed by atoms with van der Waals surface area (Å²) in [7, 11) is 0. The van der Waals surface area contributed by atoms with Crippen LogP contribution in [0.3, 0.4) is 0 Å². The molecule has 2 amide bonds. The predicted molar refractivity (Wildman–Crippen MR) is 74.0 cm³/mol. The zero-order valence-corrected chi connectivity index (χ0v) is 11.8. The molecule has 102 valence electrons. The number of rotatable bonds is 5. The van der Waals surface area contributed by atoms with Gasteiger partial charge in [0, 0.05) is 18.3 Å². The molecular formula is C12H16N4O2S. The van der Waals surface area contributed by atoms with Crippen LogP contribution in [0.1, 0.15) is 24.9 Å². The van der Waals surface area contributed by atoms with Crippen LogP contribution >= 0.6 is 11.8 Å². The van der Waals surface area contributed by atoms with Crippen molar-refractivity contribution in [1.29, 1.82) is 0 Å². The third kappa shape index (κ3) is 3.44. The Morgan fingerprint density at radius 1 is 1.42 bits per heavy atom. The van der Waals surface area contributed by atoms with E-state index in [0.717, 1.165) is 36.2 Å². The lowest BCUT2D eigenvalue weighted by Gasteiger charge is -2.13. The van der Waals surface area contributed by atoms with E-state index in [4.69, 9.17) is 0 Å². The van der Waals surface area contributed by atoms with Crippen LogP contribution in [0.4, 0.5) is 10.6 Å². The van der Waals surface area contributed by atoms with E-state index in [0.29, 0.717) is 5.82 Å². The summed E-state index contributed by atoms with van der Waals surface area (Å²) in [6.07, 6.45) is 0.998. The van der Waals surface area contributed by atoms with E-state index in [9.17, 15) is 9.59 Å². The second-order valence-corrected chi connectivity index (χ2v) is 5.20. The first kappa shape index (κ1) is 13.8. The monoisotopic (exact) mass is 280 g/mol. The lowest BCUT2D eigenvalue weighted by molar-refractivity contribution is -0.125. The van der Waals surface area contributed by atoms with E-state index in [1.54, 1.807) is 0 Å². The van der Waals surface area contributed by atoms with Crippen molar-refractivity contribution in [3.63, 3.8) is 0 Å². The fourth-order valence-electron chi connectivity index (χ4n) is 1.72. The summed E-state index contributed by atoms with van der Waals surface area (Å²) in [6.45, 7) is 4.91. The fourth-order valence-corrected chi connectivity index (χ4v) is 2.44. The molecule has 0 spiro atoms. The molecule has 1 fully saturated rings. The summed E-state index contributed by atoms with van der Waals surface area (Å²) in [5.74, 6) is 1.26. The van der Waals surface area contributed by atoms with Gasteiger partial charge in [-0.15, -0.1) is 0 Å². The van der Waals surface area contributed by atoms with E-state index < -0.39 is 0 Å². The third-order valence-corrected chi connectivity index (χ3v) is 3.46. The first-order valence-corrected chi connectivity index (χ1v) is 7.14. The van der Waals surface area contributed by atoms with Crippen molar-refractivity contribution >= 4 is 28.7 Å². The van der Waals surface area contributed by atoms with Crippen LogP contribution in [0.15, 0.2) is 6.07 Å². The maximum absolute atomic E-state index is 11.5. The Morgan fingerprint density at radius 3 is 2.84 bits per heavy atom. The lowest BCUT2D eigenvalue weighted by Crippen LogP contribution is -2.29. The summed E-state index contributed by atoms with van der Waals surface area (Å²) >= 11 is 1.02. The molecule has 1 aliphatic heterocycles. The number of aromatic nitrogens is 2. The first-order valence-electron chi connectivity index (χ1n) is 6.15. The summed E-state index contributed by atoms with van der Waals surface area (Å²) in [5.41, 5.74) is 0.815. The van der Waals surface area contributed by atoms with Gasteiger partial charge in [-0.05, 0) is 13.3 Å². The zero-order chi connectivity index (χ0) is 13.8. The number of carbonyl (C=O) groups excluding carboxylic acids is 2. The Hall–Kier alpha value is -1.63. The van der Waals surface area contributed by atoms with Gasteiger partial charge in [-0.3, -0.25) is 14.5 Å². The molecule has 19 heavy (non-hydrogen) atoms. The Morgan fingerprint density at radius 2 is 2.21 bits per heavy atom. The highest BCUT2D eigenvalue weighted by atomic mass is 32.2. The van der Waals surface area contributed by atoms with Gasteiger partial charge in [-0.1, -0.05) is 18.7 Å². The van der Waals surface area contributed by atoms with E-state index in [2.05, 4.69) is 22.2 Å². The minimum absolute atomic E-state index is 0.146. The smallest absolute Gasteiger partial charge is 0.289 e. The highest BCUT2D eigenvalue weighted by Crippen LogP contribution is 2.20. The van der Waals surface area contributed by atoms with Gasteiger partial charge in [-0.25, -0.2) is 9.97 Å². The zero-order valence-electron chi connectivity index (χ0n) is 11.0. The van der Waals surface area contributed by atoms with Crippen molar-refractivity contribution in [2.45, 2.75) is 26.8 Å².